The highest BCUT2D eigenvalue weighted by molar-refractivity contribution is 5.80. The second-order valence-electron chi connectivity index (χ2n) is 6.83. The Bertz CT molecular complexity index is 880. The van der Waals surface area contributed by atoms with E-state index in [1.54, 1.807) is 10.9 Å². The van der Waals surface area contributed by atoms with Gasteiger partial charge in [0.1, 0.15) is 0 Å². The first-order chi connectivity index (χ1) is 11.9. The van der Waals surface area contributed by atoms with Gasteiger partial charge in [0.05, 0.1) is 23.7 Å². The molecule has 0 aliphatic rings. The predicted octanol–water partition coefficient (Wildman–Crippen LogP) is 3.51. The van der Waals surface area contributed by atoms with E-state index >= 15 is 0 Å². The van der Waals surface area contributed by atoms with E-state index in [1.807, 2.05) is 38.4 Å². The maximum absolute atomic E-state index is 12.3. The zero-order valence-electron chi connectivity index (χ0n) is 15.2. The van der Waals surface area contributed by atoms with Crippen LogP contribution in [0.5, 0.6) is 0 Å². The van der Waals surface area contributed by atoms with Gasteiger partial charge in [0.2, 0.25) is 5.91 Å². The molecular weight excluding hydrogens is 312 g/mol. The first-order valence-electron chi connectivity index (χ1n) is 8.60. The minimum absolute atomic E-state index is 0.00675. The van der Waals surface area contributed by atoms with Crippen LogP contribution < -0.4 is 5.32 Å². The average molecular weight is 336 g/mol. The fourth-order valence-electron chi connectivity index (χ4n) is 2.87. The van der Waals surface area contributed by atoms with Crippen LogP contribution in [0.25, 0.3) is 10.9 Å². The second kappa shape index (κ2) is 7.05. The zero-order chi connectivity index (χ0) is 18.0. The van der Waals surface area contributed by atoms with Crippen molar-refractivity contribution in [3.05, 3.63) is 59.5 Å². The third-order valence-corrected chi connectivity index (χ3v) is 4.36. The molecule has 0 spiro atoms. The van der Waals surface area contributed by atoms with Crippen molar-refractivity contribution in [2.24, 2.45) is 7.05 Å². The molecule has 0 aliphatic heterocycles. The minimum atomic E-state index is -0.158. The number of nitrogens with one attached hydrogen (secondary N) is 1. The van der Waals surface area contributed by atoms with Gasteiger partial charge in [-0.1, -0.05) is 38.1 Å². The van der Waals surface area contributed by atoms with Gasteiger partial charge >= 0.3 is 0 Å². The lowest BCUT2D eigenvalue weighted by Gasteiger charge is -2.14. The largest absolute Gasteiger partial charge is 0.348 e. The molecular formula is C20H24N4O. The fraction of sp³-hybridized carbons (Fsp3) is 0.350. The lowest BCUT2D eigenvalue weighted by atomic mass is 10.0. The third kappa shape index (κ3) is 4.05. The highest BCUT2D eigenvalue weighted by Crippen LogP contribution is 2.17. The molecule has 0 fully saturated rings. The molecule has 1 amide bonds. The number of aryl methyl sites for hydroxylation is 1. The molecule has 1 aromatic carbocycles. The Kier molecular flexibility index (Phi) is 4.83. The standard InChI is InChI=1S/C20H24N4O/c1-13(2)16-7-5-15(6-8-16)9-20(25)22-14(3)18-10-19-17(11-21-18)12-24(4)23-19/h5-8,10-14H,9H2,1-4H3,(H,22,25)/t14-/m1/s1. The van der Waals surface area contributed by atoms with Gasteiger partial charge in [-0.25, -0.2) is 0 Å². The molecule has 0 saturated carbocycles. The number of pyridine rings is 1. The lowest BCUT2D eigenvalue weighted by molar-refractivity contribution is -0.121. The number of carbonyl (C=O) groups is 1. The number of amides is 1. The van der Waals surface area contributed by atoms with Crippen LogP contribution >= 0.6 is 0 Å². The summed E-state index contributed by atoms with van der Waals surface area (Å²) in [4.78, 5) is 16.8. The van der Waals surface area contributed by atoms with Gasteiger partial charge in [-0.3, -0.25) is 14.5 Å². The molecule has 0 radical (unpaired) electrons. The van der Waals surface area contributed by atoms with E-state index in [0.717, 1.165) is 22.2 Å². The summed E-state index contributed by atoms with van der Waals surface area (Å²) in [6.45, 7) is 6.26. The molecule has 1 atom stereocenters. The Hall–Kier alpha value is -2.69. The maximum atomic E-state index is 12.3. The van der Waals surface area contributed by atoms with Crippen LogP contribution in [-0.2, 0) is 18.3 Å². The van der Waals surface area contributed by atoms with Gasteiger partial charge in [0, 0.05) is 24.8 Å². The molecule has 5 heteroatoms. The van der Waals surface area contributed by atoms with Crippen LogP contribution in [0.3, 0.4) is 0 Å². The SMILES string of the molecule is CC(C)c1ccc(CC(=O)N[C@H](C)c2cc3nn(C)cc3cn2)cc1. The number of rotatable bonds is 5. The smallest absolute Gasteiger partial charge is 0.224 e. The number of aromatic nitrogens is 3. The predicted molar refractivity (Wildman–Crippen MR) is 99.3 cm³/mol. The number of hydrogen-bond donors (Lipinski definition) is 1. The molecule has 0 bridgehead atoms. The first kappa shape index (κ1) is 17.1. The van der Waals surface area contributed by atoms with Crippen molar-refractivity contribution in [3.63, 3.8) is 0 Å². The quantitative estimate of drug-likeness (QED) is 0.775. The maximum Gasteiger partial charge on any atom is 0.224 e. The number of fused-ring (bicyclic) bond motifs is 1. The Balaban J connectivity index is 1.64. The van der Waals surface area contributed by atoms with Gasteiger partial charge in [-0.05, 0) is 30.0 Å². The van der Waals surface area contributed by atoms with Gasteiger partial charge in [-0.2, -0.15) is 5.10 Å². The zero-order valence-corrected chi connectivity index (χ0v) is 15.2. The van der Waals surface area contributed by atoms with Crippen molar-refractivity contribution in [2.45, 2.75) is 39.2 Å². The molecule has 2 aromatic heterocycles. The summed E-state index contributed by atoms with van der Waals surface area (Å²) < 4.78 is 1.76. The van der Waals surface area contributed by atoms with Gasteiger partial charge in [0.15, 0.2) is 0 Å². The van der Waals surface area contributed by atoms with E-state index in [1.165, 1.54) is 5.56 Å². The monoisotopic (exact) mass is 336 g/mol. The summed E-state index contributed by atoms with van der Waals surface area (Å²) >= 11 is 0. The molecule has 5 nitrogen and oxygen atoms in total. The van der Waals surface area contributed by atoms with Crippen molar-refractivity contribution in [2.75, 3.05) is 0 Å². The van der Waals surface area contributed by atoms with Gasteiger partial charge < -0.3 is 5.32 Å². The van der Waals surface area contributed by atoms with Crippen molar-refractivity contribution in [3.8, 4) is 0 Å². The van der Waals surface area contributed by atoms with Crippen LogP contribution in [0.4, 0.5) is 0 Å². The summed E-state index contributed by atoms with van der Waals surface area (Å²) in [5, 5.41) is 8.40. The fourth-order valence-corrected chi connectivity index (χ4v) is 2.87. The summed E-state index contributed by atoms with van der Waals surface area (Å²) in [5.41, 5.74) is 4.00. The summed E-state index contributed by atoms with van der Waals surface area (Å²) in [7, 11) is 1.88. The van der Waals surface area contributed by atoms with Crippen LogP contribution in [-0.4, -0.2) is 20.7 Å². The van der Waals surface area contributed by atoms with Crippen LogP contribution in [0.1, 0.15) is 49.6 Å². The molecule has 0 saturated heterocycles. The Morgan fingerprint density at radius 2 is 1.92 bits per heavy atom. The van der Waals surface area contributed by atoms with E-state index in [4.69, 9.17) is 0 Å². The van der Waals surface area contributed by atoms with E-state index in [2.05, 4.69) is 41.4 Å². The van der Waals surface area contributed by atoms with Crippen molar-refractivity contribution in [1.29, 1.82) is 0 Å². The molecule has 0 unspecified atom stereocenters. The number of nitrogens with zero attached hydrogens (tertiary/aromatic N) is 3. The molecule has 3 rings (SSSR count). The average Bonchev–Trinajstić information content (AvgIpc) is 2.94. The Labute approximate surface area is 148 Å². The highest BCUT2D eigenvalue weighted by Gasteiger charge is 2.13. The van der Waals surface area contributed by atoms with Crippen molar-refractivity contribution in [1.82, 2.24) is 20.1 Å². The minimum Gasteiger partial charge on any atom is -0.348 e. The molecule has 3 aromatic rings. The van der Waals surface area contributed by atoms with E-state index < -0.39 is 0 Å². The second-order valence-corrected chi connectivity index (χ2v) is 6.83. The molecule has 1 N–H and O–H groups in total. The van der Waals surface area contributed by atoms with Crippen molar-refractivity contribution >= 4 is 16.8 Å². The van der Waals surface area contributed by atoms with Crippen LogP contribution in [0.2, 0.25) is 0 Å². The molecule has 2 heterocycles. The normalized spacial score (nSPS) is 12.5. The topological polar surface area (TPSA) is 59.8 Å². The van der Waals surface area contributed by atoms with Crippen LogP contribution in [0, 0.1) is 0 Å². The van der Waals surface area contributed by atoms with Crippen LogP contribution in [0.15, 0.2) is 42.7 Å². The van der Waals surface area contributed by atoms with E-state index in [9.17, 15) is 4.79 Å². The number of carbonyl (C=O) groups excluding carboxylic acids is 1. The van der Waals surface area contributed by atoms with E-state index in [-0.39, 0.29) is 11.9 Å². The highest BCUT2D eigenvalue weighted by atomic mass is 16.1. The lowest BCUT2D eigenvalue weighted by Crippen LogP contribution is -2.28. The summed E-state index contributed by atoms with van der Waals surface area (Å²) in [6.07, 6.45) is 4.09. The van der Waals surface area contributed by atoms with Crippen molar-refractivity contribution < 1.29 is 4.79 Å². The molecule has 25 heavy (non-hydrogen) atoms. The third-order valence-electron chi connectivity index (χ3n) is 4.36. The first-order valence-corrected chi connectivity index (χ1v) is 8.60. The molecule has 0 aliphatic carbocycles. The summed E-state index contributed by atoms with van der Waals surface area (Å²) in [5.74, 6) is 0.489. The number of benzene rings is 1. The molecule has 130 valence electrons. The van der Waals surface area contributed by atoms with Gasteiger partial charge in [-0.15, -0.1) is 0 Å². The Morgan fingerprint density at radius 1 is 1.20 bits per heavy atom. The summed E-state index contributed by atoms with van der Waals surface area (Å²) in [6, 6.07) is 10.0. The van der Waals surface area contributed by atoms with Gasteiger partial charge in [0.25, 0.3) is 0 Å². The van der Waals surface area contributed by atoms with E-state index in [0.29, 0.717) is 12.3 Å². The Morgan fingerprint density at radius 3 is 2.60 bits per heavy atom. The number of hydrogen-bond acceptors (Lipinski definition) is 3.